The summed E-state index contributed by atoms with van der Waals surface area (Å²) in [4.78, 5) is 0. The van der Waals surface area contributed by atoms with Gasteiger partial charge in [0.1, 0.15) is 0 Å². The van der Waals surface area contributed by atoms with Crippen LogP contribution in [0.15, 0.2) is 11.6 Å². The summed E-state index contributed by atoms with van der Waals surface area (Å²) in [6.45, 7) is 0. The summed E-state index contributed by atoms with van der Waals surface area (Å²) in [5, 5.41) is 0.654. The van der Waals surface area contributed by atoms with Crippen molar-refractivity contribution < 1.29 is 0 Å². The molecule has 3 aliphatic carbocycles. The minimum Gasteiger partial charge on any atom is -0.176 e. The lowest BCUT2D eigenvalue weighted by molar-refractivity contribution is 0.379. The maximum absolute atomic E-state index is 4.64. The fraction of sp³-hybridized carbons (Fsp3) is 0.818. The molecule has 2 unspecified atom stereocenters. The highest BCUT2D eigenvalue weighted by atomic mass is 32.1. The van der Waals surface area contributed by atoms with Gasteiger partial charge in [0.2, 0.25) is 0 Å². The van der Waals surface area contributed by atoms with Crippen LogP contribution in [0.1, 0.15) is 44.9 Å². The highest BCUT2D eigenvalue weighted by Gasteiger charge is 2.20. The molecule has 1 saturated carbocycles. The molecule has 3 aliphatic rings. The van der Waals surface area contributed by atoms with Gasteiger partial charge in [-0.05, 0) is 44.4 Å². The van der Waals surface area contributed by atoms with Gasteiger partial charge < -0.3 is 0 Å². The van der Waals surface area contributed by atoms with E-state index < -0.39 is 0 Å². The van der Waals surface area contributed by atoms with Gasteiger partial charge in [-0.15, -0.1) is 0 Å². The topological polar surface area (TPSA) is 0 Å². The van der Waals surface area contributed by atoms with Gasteiger partial charge in [-0.1, -0.05) is 18.1 Å². The number of hydrogen-bond donors (Lipinski definition) is 1. The largest absolute Gasteiger partial charge is 0.176 e. The van der Waals surface area contributed by atoms with E-state index in [1.165, 1.54) is 44.9 Å². The standard InChI is InChI=1S/C11H18S/c12-11-7-9-3-1-4-10(8-11)6-2-5-9/h3,10-12H,1-2,4-8H2. The molecule has 12 heavy (non-hydrogen) atoms. The van der Waals surface area contributed by atoms with Crippen molar-refractivity contribution in [2.45, 2.75) is 50.2 Å². The van der Waals surface area contributed by atoms with Crippen LogP contribution < -0.4 is 0 Å². The number of hydrogen-bond acceptors (Lipinski definition) is 1. The van der Waals surface area contributed by atoms with Crippen molar-refractivity contribution in [3.63, 3.8) is 0 Å². The Morgan fingerprint density at radius 3 is 3.17 bits per heavy atom. The zero-order valence-electron chi connectivity index (χ0n) is 7.63. The molecule has 0 amide bonds. The molecule has 0 aromatic heterocycles. The van der Waals surface area contributed by atoms with Gasteiger partial charge in [0, 0.05) is 5.25 Å². The predicted molar refractivity (Wildman–Crippen MR) is 56.7 cm³/mol. The van der Waals surface area contributed by atoms with Crippen molar-refractivity contribution in [2.75, 3.05) is 0 Å². The van der Waals surface area contributed by atoms with E-state index in [9.17, 15) is 0 Å². The molecule has 0 radical (unpaired) electrons. The van der Waals surface area contributed by atoms with Crippen molar-refractivity contribution in [1.82, 2.24) is 0 Å². The molecule has 0 aliphatic heterocycles. The van der Waals surface area contributed by atoms with Crippen LogP contribution in [-0.4, -0.2) is 5.25 Å². The second-order valence-corrected chi connectivity index (χ2v) is 5.02. The van der Waals surface area contributed by atoms with Crippen LogP contribution in [0.3, 0.4) is 0 Å². The van der Waals surface area contributed by atoms with Crippen LogP contribution in [-0.2, 0) is 0 Å². The molecule has 1 fully saturated rings. The first-order chi connectivity index (χ1) is 5.84. The van der Waals surface area contributed by atoms with Gasteiger partial charge in [0.05, 0.1) is 0 Å². The van der Waals surface area contributed by atoms with Crippen molar-refractivity contribution in [2.24, 2.45) is 5.92 Å². The lowest BCUT2D eigenvalue weighted by atomic mass is 9.82. The fourth-order valence-corrected chi connectivity index (χ4v) is 3.11. The molecular formula is C11H18S. The van der Waals surface area contributed by atoms with Gasteiger partial charge >= 0.3 is 0 Å². The number of rotatable bonds is 0. The van der Waals surface area contributed by atoms with Crippen molar-refractivity contribution in [1.29, 1.82) is 0 Å². The minimum atomic E-state index is 0.654. The first-order valence-electron chi connectivity index (χ1n) is 5.20. The van der Waals surface area contributed by atoms with E-state index >= 15 is 0 Å². The quantitative estimate of drug-likeness (QED) is 0.429. The van der Waals surface area contributed by atoms with E-state index in [1.807, 2.05) is 0 Å². The predicted octanol–water partition coefficient (Wildman–Crippen LogP) is 3.59. The Morgan fingerprint density at radius 2 is 2.25 bits per heavy atom. The van der Waals surface area contributed by atoms with Gasteiger partial charge in [0.15, 0.2) is 0 Å². The fourth-order valence-electron chi connectivity index (χ4n) is 2.58. The van der Waals surface area contributed by atoms with Crippen LogP contribution in [0.2, 0.25) is 0 Å². The smallest absolute Gasteiger partial charge is 0.00566 e. The Kier molecular flexibility index (Phi) is 2.80. The number of fused-ring (bicyclic) bond motifs is 6. The van der Waals surface area contributed by atoms with Crippen LogP contribution >= 0.6 is 12.6 Å². The zero-order valence-corrected chi connectivity index (χ0v) is 8.52. The maximum Gasteiger partial charge on any atom is 0.00566 e. The summed E-state index contributed by atoms with van der Waals surface area (Å²) < 4.78 is 0. The molecular weight excluding hydrogens is 164 g/mol. The molecule has 0 nitrogen and oxygen atoms in total. The number of thiol groups is 1. The lowest BCUT2D eigenvalue weighted by Crippen LogP contribution is -2.15. The SMILES string of the molecule is SC1CC2=CCCC(CCC2)C1. The van der Waals surface area contributed by atoms with E-state index in [0.717, 1.165) is 5.92 Å². The van der Waals surface area contributed by atoms with E-state index in [1.54, 1.807) is 5.57 Å². The first kappa shape index (κ1) is 8.68. The minimum absolute atomic E-state index is 0.654. The van der Waals surface area contributed by atoms with Gasteiger partial charge in [-0.2, -0.15) is 12.6 Å². The van der Waals surface area contributed by atoms with Crippen molar-refractivity contribution >= 4 is 12.6 Å². The molecule has 0 saturated heterocycles. The maximum atomic E-state index is 4.64. The Bertz CT molecular complexity index is 183. The average molecular weight is 182 g/mol. The Labute approximate surface area is 80.8 Å². The van der Waals surface area contributed by atoms with E-state index in [4.69, 9.17) is 0 Å². The summed E-state index contributed by atoms with van der Waals surface area (Å²) >= 11 is 4.64. The molecule has 0 N–H and O–H groups in total. The Morgan fingerprint density at radius 1 is 1.33 bits per heavy atom. The first-order valence-corrected chi connectivity index (χ1v) is 5.72. The van der Waals surface area contributed by atoms with Crippen LogP contribution in [0.5, 0.6) is 0 Å². The van der Waals surface area contributed by atoms with Crippen LogP contribution in [0.25, 0.3) is 0 Å². The summed E-state index contributed by atoms with van der Waals surface area (Å²) in [7, 11) is 0. The molecule has 0 aromatic rings. The van der Waals surface area contributed by atoms with Gasteiger partial charge in [-0.3, -0.25) is 0 Å². The molecule has 0 spiro atoms. The molecule has 3 rings (SSSR count). The Balaban J connectivity index is 2.13. The molecule has 2 bridgehead atoms. The van der Waals surface area contributed by atoms with Gasteiger partial charge in [0.25, 0.3) is 0 Å². The summed E-state index contributed by atoms with van der Waals surface area (Å²) in [6, 6.07) is 0. The average Bonchev–Trinajstić information content (AvgIpc) is 1.91. The molecule has 68 valence electrons. The second kappa shape index (κ2) is 3.87. The van der Waals surface area contributed by atoms with Gasteiger partial charge in [-0.25, -0.2) is 0 Å². The van der Waals surface area contributed by atoms with Crippen molar-refractivity contribution in [3.8, 4) is 0 Å². The summed E-state index contributed by atoms with van der Waals surface area (Å²) in [5.41, 5.74) is 1.69. The highest BCUT2D eigenvalue weighted by molar-refractivity contribution is 7.80. The molecule has 0 aromatic carbocycles. The van der Waals surface area contributed by atoms with Crippen LogP contribution in [0.4, 0.5) is 0 Å². The lowest BCUT2D eigenvalue weighted by Gasteiger charge is -2.27. The molecule has 1 heteroatoms. The van der Waals surface area contributed by atoms with E-state index in [-0.39, 0.29) is 0 Å². The highest BCUT2D eigenvalue weighted by Crippen LogP contribution is 2.34. The number of allylic oxidation sites excluding steroid dienone is 2. The Hall–Kier alpha value is 0.0900. The van der Waals surface area contributed by atoms with Crippen LogP contribution in [0, 0.1) is 5.92 Å². The molecule has 2 atom stereocenters. The third kappa shape index (κ3) is 2.07. The monoisotopic (exact) mass is 182 g/mol. The molecule has 0 heterocycles. The zero-order chi connectivity index (χ0) is 8.39. The third-order valence-corrected chi connectivity index (χ3v) is 3.61. The normalized spacial score (nSPS) is 36.6. The third-order valence-electron chi connectivity index (χ3n) is 3.22. The summed E-state index contributed by atoms with van der Waals surface area (Å²) in [5.74, 6) is 0.977. The second-order valence-electron chi connectivity index (χ2n) is 4.29. The van der Waals surface area contributed by atoms with E-state index in [0.29, 0.717) is 5.25 Å². The van der Waals surface area contributed by atoms with Crippen molar-refractivity contribution in [3.05, 3.63) is 11.6 Å². The van der Waals surface area contributed by atoms with E-state index in [2.05, 4.69) is 18.7 Å². The summed E-state index contributed by atoms with van der Waals surface area (Å²) in [6.07, 6.45) is 12.1.